The maximum absolute atomic E-state index is 8.95. The monoisotopic (exact) mass is 188 g/mol. The molecule has 0 aromatic carbocycles. The number of aromatic nitrogens is 1. The molecule has 3 nitrogen and oxygen atoms in total. The lowest BCUT2D eigenvalue weighted by molar-refractivity contribution is 0.233. The van der Waals surface area contributed by atoms with Gasteiger partial charge < -0.3 is 4.74 Å². The first-order chi connectivity index (χ1) is 6.79. The minimum Gasteiger partial charge on any atom is -0.497 e. The Labute approximate surface area is 83.7 Å². The Morgan fingerprint density at radius 2 is 2.36 bits per heavy atom. The lowest BCUT2D eigenvalue weighted by atomic mass is 10.1. The molecular formula is C11H12N2O. The molecule has 0 saturated heterocycles. The average molecular weight is 188 g/mol. The Morgan fingerprint density at radius 1 is 1.57 bits per heavy atom. The topological polar surface area (TPSA) is 45.9 Å². The minimum absolute atomic E-state index is 0.493. The van der Waals surface area contributed by atoms with Gasteiger partial charge in [0.15, 0.2) is 0 Å². The van der Waals surface area contributed by atoms with E-state index in [1.165, 1.54) is 0 Å². The van der Waals surface area contributed by atoms with Crippen molar-refractivity contribution in [2.45, 2.75) is 13.8 Å². The molecule has 0 amide bonds. The van der Waals surface area contributed by atoms with Crippen LogP contribution in [0.4, 0.5) is 0 Å². The highest BCUT2D eigenvalue weighted by molar-refractivity contribution is 5.75. The molecule has 0 fully saturated rings. The number of hydrogen-bond donors (Lipinski definition) is 0. The fourth-order valence-corrected chi connectivity index (χ4v) is 1.12. The van der Waals surface area contributed by atoms with Crippen molar-refractivity contribution in [3.63, 3.8) is 0 Å². The second-order valence-corrected chi connectivity index (χ2v) is 2.69. The predicted octanol–water partition coefficient (Wildman–Crippen LogP) is 2.37. The molecule has 1 heterocycles. The van der Waals surface area contributed by atoms with Crippen molar-refractivity contribution in [3.05, 3.63) is 35.8 Å². The van der Waals surface area contributed by atoms with E-state index in [0.29, 0.717) is 23.6 Å². The molecule has 14 heavy (non-hydrogen) atoms. The van der Waals surface area contributed by atoms with E-state index in [4.69, 9.17) is 10.00 Å². The van der Waals surface area contributed by atoms with Crippen molar-refractivity contribution >= 4 is 5.57 Å². The maximum atomic E-state index is 8.95. The van der Waals surface area contributed by atoms with Crippen molar-refractivity contribution < 1.29 is 4.74 Å². The SMILES string of the molecule is CCOC(C)=C(C#N)c1ccccn1. The second kappa shape index (κ2) is 5.03. The average Bonchev–Trinajstić information content (AvgIpc) is 2.21. The summed E-state index contributed by atoms with van der Waals surface area (Å²) in [6.45, 7) is 4.22. The summed E-state index contributed by atoms with van der Waals surface area (Å²) in [4.78, 5) is 4.09. The van der Waals surface area contributed by atoms with Crippen LogP contribution in [-0.2, 0) is 4.74 Å². The molecule has 0 atom stereocenters. The van der Waals surface area contributed by atoms with Crippen molar-refractivity contribution in [2.75, 3.05) is 6.61 Å². The third-order valence-electron chi connectivity index (χ3n) is 1.75. The third kappa shape index (κ3) is 2.33. The van der Waals surface area contributed by atoms with E-state index in [1.54, 1.807) is 19.2 Å². The van der Waals surface area contributed by atoms with E-state index < -0.39 is 0 Å². The molecule has 72 valence electrons. The zero-order valence-corrected chi connectivity index (χ0v) is 8.32. The summed E-state index contributed by atoms with van der Waals surface area (Å²) in [6.07, 6.45) is 1.66. The number of nitriles is 1. The number of ether oxygens (including phenoxy) is 1. The quantitative estimate of drug-likeness (QED) is 0.540. The number of nitrogens with zero attached hydrogens (tertiary/aromatic N) is 2. The van der Waals surface area contributed by atoms with Gasteiger partial charge in [0.25, 0.3) is 0 Å². The highest BCUT2D eigenvalue weighted by Crippen LogP contribution is 2.15. The van der Waals surface area contributed by atoms with Crippen LogP contribution < -0.4 is 0 Å². The zero-order valence-electron chi connectivity index (χ0n) is 8.32. The zero-order chi connectivity index (χ0) is 10.4. The summed E-state index contributed by atoms with van der Waals surface area (Å²) >= 11 is 0. The lowest BCUT2D eigenvalue weighted by Crippen LogP contribution is -1.94. The van der Waals surface area contributed by atoms with Gasteiger partial charge in [-0.05, 0) is 26.0 Å². The van der Waals surface area contributed by atoms with E-state index in [1.807, 2.05) is 19.1 Å². The first-order valence-corrected chi connectivity index (χ1v) is 4.44. The molecule has 0 bridgehead atoms. The standard InChI is InChI=1S/C11H12N2O/c1-3-14-9(2)10(8-12)11-6-4-5-7-13-11/h4-7H,3H2,1-2H3. The first-order valence-electron chi connectivity index (χ1n) is 4.44. The summed E-state index contributed by atoms with van der Waals surface area (Å²) in [5.74, 6) is 0.619. The molecule has 0 aliphatic rings. The van der Waals surface area contributed by atoms with Crippen LogP contribution in [0.25, 0.3) is 5.57 Å². The van der Waals surface area contributed by atoms with Crippen LogP contribution in [0.2, 0.25) is 0 Å². The molecule has 1 rings (SSSR count). The Hall–Kier alpha value is -1.82. The van der Waals surface area contributed by atoms with Gasteiger partial charge in [0, 0.05) is 6.20 Å². The van der Waals surface area contributed by atoms with Crippen LogP contribution in [0.1, 0.15) is 19.5 Å². The summed E-state index contributed by atoms with van der Waals surface area (Å²) in [5, 5.41) is 8.95. The van der Waals surface area contributed by atoms with Gasteiger partial charge in [0.2, 0.25) is 0 Å². The number of pyridine rings is 1. The van der Waals surface area contributed by atoms with Gasteiger partial charge in [-0.15, -0.1) is 0 Å². The Morgan fingerprint density at radius 3 is 2.86 bits per heavy atom. The number of hydrogen-bond acceptors (Lipinski definition) is 3. The molecule has 0 radical (unpaired) electrons. The van der Waals surface area contributed by atoms with Gasteiger partial charge >= 0.3 is 0 Å². The Kier molecular flexibility index (Phi) is 3.69. The lowest BCUT2D eigenvalue weighted by Gasteiger charge is -2.05. The normalized spacial score (nSPS) is 11.5. The van der Waals surface area contributed by atoms with Gasteiger partial charge in [0.05, 0.1) is 12.3 Å². The molecule has 0 saturated carbocycles. The largest absolute Gasteiger partial charge is 0.497 e. The van der Waals surface area contributed by atoms with E-state index in [2.05, 4.69) is 11.1 Å². The van der Waals surface area contributed by atoms with E-state index in [-0.39, 0.29) is 0 Å². The van der Waals surface area contributed by atoms with Crippen LogP contribution in [-0.4, -0.2) is 11.6 Å². The van der Waals surface area contributed by atoms with Gasteiger partial charge in [-0.3, -0.25) is 4.98 Å². The smallest absolute Gasteiger partial charge is 0.115 e. The first kappa shape index (κ1) is 10.3. The van der Waals surface area contributed by atoms with Gasteiger partial charge in [-0.2, -0.15) is 5.26 Å². The second-order valence-electron chi connectivity index (χ2n) is 2.69. The molecule has 0 unspecified atom stereocenters. The molecular weight excluding hydrogens is 176 g/mol. The van der Waals surface area contributed by atoms with Gasteiger partial charge in [-0.1, -0.05) is 6.07 Å². The van der Waals surface area contributed by atoms with Crippen molar-refractivity contribution in [2.24, 2.45) is 0 Å². The van der Waals surface area contributed by atoms with Crippen LogP contribution in [0, 0.1) is 11.3 Å². The van der Waals surface area contributed by atoms with E-state index in [0.717, 1.165) is 0 Å². The third-order valence-corrected chi connectivity index (χ3v) is 1.75. The number of rotatable bonds is 3. The number of allylic oxidation sites excluding steroid dienone is 2. The van der Waals surface area contributed by atoms with Crippen LogP contribution in [0.3, 0.4) is 0 Å². The van der Waals surface area contributed by atoms with E-state index >= 15 is 0 Å². The molecule has 0 N–H and O–H groups in total. The minimum atomic E-state index is 0.493. The molecule has 1 aromatic heterocycles. The highest BCUT2D eigenvalue weighted by atomic mass is 16.5. The van der Waals surface area contributed by atoms with Gasteiger partial charge in [-0.25, -0.2) is 0 Å². The predicted molar refractivity (Wildman–Crippen MR) is 54.1 cm³/mol. The maximum Gasteiger partial charge on any atom is 0.115 e. The highest BCUT2D eigenvalue weighted by Gasteiger charge is 2.06. The molecule has 0 aliphatic carbocycles. The van der Waals surface area contributed by atoms with Gasteiger partial charge in [0.1, 0.15) is 17.4 Å². The summed E-state index contributed by atoms with van der Waals surface area (Å²) in [7, 11) is 0. The summed E-state index contributed by atoms with van der Waals surface area (Å²) in [6, 6.07) is 7.55. The van der Waals surface area contributed by atoms with Crippen molar-refractivity contribution in [3.8, 4) is 6.07 Å². The molecule has 1 aromatic rings. The van der Waals surface area contributed by atoms with Crippen LogP contribution in [0.15, 0.2) is 30.2 Å². The Bertz CT molecular complexity index is 363. The fraction of sp³-hybridized carbons (Fsp3) is 0.273. The van der Waals surface area contributed by atoms with E-state index in [9.17, 15) is 0 Å². The molecule has 0 spiro atoms. The van der Waals surface area contributed by atoms with Crippen molar-refractivity contribution in [1.29, 1.82) is 5.26 Å². The van der Waals surface area contributed by atoms with Crippen LogP contribution >= 0.6 is 0 Å². The summed E-state index contributed by atoms with van der Waals surface area (Å²) < 4.78 is 5.27. The van der Waals surface area contributed by atoms with Crippen LogP contribution in [0.5, 0.6) is 0 Å². The van der Waals surface area contributed by atoms with Crippen molar-refractivity contribution in [1.82, 2.24) is 4.98 Å². The molecule has 3 heteroatoms. The molecule has 0 aliphatic heterocycles. The summed E-state index contributed by atoms with van der Waals surface area (Å²) in [5.41, 5.74) is 1.15. The fourth-order valence-electron chi connectivity index (χ4n) is 1.12. The Balaban J connectivity index is 3.06.